The summed E-state index contributed by atoms with van der Waals surface area (Å²) in [7, 11) is 1.32. The number of para-hydroxylation sites is 1. The quantitative estimate of drug-likeness (QED) is 0.295. The van der Waals surface area contributed by atoms with Crippen LogP contribution in [0.5, 0.6) is 0 Å². The first-order valence-corrected chi connectivity index (χ1v) is 11.9. The molecule has 1 amide bonds. The highest BCUT2D eigenvalue weighted by molar-refractivity contribution is 8.18. The Morgan fingerprint density at radius 1 is 1.14 bits per heavy atom. The lowest BCUT2D eigenvalue weighted by molar-refractivity contribution is -0.115. The van der Waals surface area contributed by atoms with Gasteiger partial charge in [-0.05, 0) is 67.1 Å². The number of amides is 1. The molecule has 2 aromatic heterocycles. The molecule has 0 bridgehead atoms. The zero-order valence-electron chi connectivity index (χ0n) is 19.5. The van der Waals surface area contributed by atoms with E-state index < -0.39 is 5.97 Å². The van der Waals surface area contributed by atoms with Crippen LogP contribution in [0.4, 0.5) is 5.69 Å². The third-order valence-corrected chi connectivity index (χ3v) is 6.84. The largest absolute Gasteiger partial charge is 0.463 e. The Morgan fingerprint density at radius 3 is 2.80 bits per heavy atom. The lowest BCUT2D eigenvalue weighted by Gasteiger charge is -2.04. The number of hydrogen-bond donors (Lipinski definition) is 1. The van der Waals surface area contributed by atoms with Gasteiger partial charge in [-0.2, -0.15) is 0 Å². The predicted molar refractivity (Wildman–Crippen MR) is 138 cm³/mol. The summed E-state index contributed by atoms with van der Waals surface area (Å²) in [4.78, 5) is 29.7. The Morgan fingerprint density at radius 2 is 1.97 bits per heavy atom. The van der Waals surface area contributed by atoms with Crippen LogP contribution in [0.2, 0.25) is 0 Å². The number of aliphatic imine (C=N–C) groups is 1. The minimum Gasteiger partial charge on any atom is -0.463 e. The number of carbonyl (C=O) groups is 2. The highest BCUT2D eigenvalue weighted by atomic mass is 32.2. The molecule has 3 heterocycles. The smallest absolute Gasteiger partial charge is 0.373 e. The first-order chi connectivity index (χ1) is 16.9. The number of hydrogen-bond acceptors (Lipinski definition) is 6. The second-order valence-electron chi connectivity index (χ2n) is 8.19. The summed E-state index contributed by atoms with van der Waals surface area (Å²) in [6.07, 6.45) is 3.86. The van der Waals surface area contributed by atoms with Crippen molar-refractivity contribution < 1.29 is 18.7 Å². The van der Waals surface area contributed by atoms with Crippen molar-refractivity contribution in [3.05, 3.63) is 93.9 Å². The van der Waals surface area contributed by atoms with Gasteiger partial charge in [0.05, 0.1) is 24.2 Å². The first-order valence-electron chi connectivity index (χ1n) is 11.0. The molecule has 0 saturated carbocycles. The van der Waals surface area contributed by atoms with Crippen LogP contribution in [0.25, 0.3) is 17.0 Å². The van der Waals surface area contributed by atoms with Crippen molar-refractivity contribution in [1.29, 1.82) is 0 Å². The number of nitrogens with one attached hydrogen (secondary N) is 1. The van der Waals surface area contributed by atoms with Gasteiger partial charge in [-0.3, -0.25) is 4.79 Å². The van der Waals surface area contributed by atoms with E-state index in [4.69, 9.17) is 9.15 Å². The molecule has 0 unspecified atom stereocenters. The molecule has 35 heavy (non-hydrogen) atoms. The maximum Gasteiger partial charge on any atom is 0.373 e. The second kappa shape index (κ2) is 9.31. The number of aryl methyl sites for hydroxylation is 1. The summed E-state index contributed by atoms with van der Waals surface area (Å²) in [5, 5.41) is 4.44. The van der Waals surface area contributed by atoms with Crippen LogP contribution in [0, 0.1) is 13.8 Å². The molecule has 4 aromatic rings. The van der Waals surface area contributed by atoms with E-state index in [1.807, 2.05) is 73.2 Å². The molecule has 0 atom stereocenters. The molecular formula is C27H23N3O4S. The minimum absolute atomic E-state index is 0.163. The van der Waals surface area contributed by atoms with Crippen molar-refractivity contribution in [1.82, 2.24) is 9.88 Å². The fraction of sp³-hybridized carbons (Fsp3) is 0.148. The number of benzene rings is 2. The van der Waals surface area contributed by atoms with Crippen molar-refractivity contribution in [2.24, 2.45) is 4.99 Å². The van der Waals surface area contributed by atoms with E-state index in [0.29, 0.717) is 22.4 Å². The number of aromatic nitrogens is 1. The Bertz CT molecular complexity index is 1530. The number of furan rings is 1. The van der Waals surface area contributed by atoms with Crippen LogP contribution < -0.4 is 5.32 Å². The molecule has 0 spiro atoms. The van der Waals surface area contributed by atoms with E-state index in [9.17, 15) is 9.59 Å². The number of amidine groups is 1. The van der Waals surface area contributed by atoms with Gasteiger partial charge in [-0.15, -0.1) is 0 Å². The number of carbonyl (C=O) groups excluding carboxylic acids is 2. The molecule has 1 saturated heterocycles. The molecule has 0 aliphatic carbocycles. The summed E-state index contributed by atoms with van der Waals surface area (Å²) in [5.74, 6) is 0.101. The molecular weight excluding hydrogens is 462 g/mol. The normalized spacial score (nSPS) is 15.8. The zero-order valence-corrected chi connectivity index (χ0v) is 20.3. The van der Waals surface area contributed by atoms with Crippen molar-refractivity contribution in [3.8, 4) is 0 Å². The highest BCUT2D eigenvalue weighted by Gasteiger charge is 2.25. The van der Waals surface area contributed by atoms with Crippen molar-refractivity contribution in [3.63, 3.8) is 0 Å². The molecule has 176 valence electrons. The van der Waals surface area contributed by atoms with Gasteiger partial charge in [-0.1, -0.05) is 30.3 Å². The summed E-state index contributed by atoms with van der Waals surface area (Å²) < 4.78 is 12.4. The van der Waals surface area contributed by atoms with E-state index in [2.05, 4.69) is 10.3 Å². The standard InChI is InChI=1S/C27H23N3O4S/c1-16-7-6-9-21(17(16)2)28-27-29-25(31)24(35-27)13-18-14-30(22-10-5-4-8-20(18)22)15-19-11-12-23(34-19)26(32)33-3/h4-14H,15H2,1-3H3,(H,28,29,31)/b24-13-. The van der Waals surface area contributed by atoms with Crippen molar-refractivity contribution >= 4 is 51.5 Å². The number of thioether (sulfide) groups is 1. The molecule has 7 nitrogen and oxygen atoms in total. The van der Waals surface area contributed by atoms with E-state index in [1.165, 1.54) is 18.9 Å². The van der Waals surface area contributed by atoms with Gasteiger partial charge in [0.2, 0.25) is 5.76 Å². The van der Waals surface area contributed by atoms with Gasteiger partial charge in [0.25, 0.3) is 5.91 Å². The zero-order chi connectivity index (χ0) is 24.5. The predicted octanol–water partition coefficient (Wildman–Crippen LogP) is 5.58. The summed E-state index contributed by atoms with van der Waals surface area (Å²) in [5.41, 5.74) is 4.98. The molecule has 1 fully saturated rings. The third-order valence-electron chi connectivity index (χ3n) is 5.93. The van der Waals surface area contributed by atoms with Gasteiger partial charge in [-0.25, -0.2) is 9.79 Å². The van der Waals surface area contributed by atoms with Gasteiger partial charge in [0.1, 0.15) is 5.76 Å². The van der Waals surface area contributed by atoms with Crippen molar-refractivity contribution in [2.75, 3.05) is 7.11 Å². The molecule has 5 rings (SSSR count). The molecule has 0 radical (unpaired) electrons. The Kier molecular flexibility index (Phi) is 6.05. The number of esters is 1. The van der Waals surface area contributed by atoms with Gasteiger partial charge in [0.15, 0.2) is 5.17 Å². The monoisotopic (exact) mass is 485 g/mol. The van der Waals surface area contributed by atoms with Crippen LogP contribution in [0.3, 0.4) is 0 Å². The SMILES string of the molecule is COC(=O)c1ccc(Cn2cc(/C=C3\SC(=Nc4cccc(C)c4C)NC3=O)c3ccccc32)o1. The fourth-order valence-corrected chi connectivity index (χ4v) is 4.78. The first kappa shape index (κ1) is 22.7. The topological polar surface area (TPSA) is 85.8 Å². The molecule has 2 aromatic carbocycles. The van der Waals surface area contributed by atoms with Crippen LogP contribution in [0.15, 0.2) is 75.1 Å². The number of nitrogens with zero attached hydrogens (tertiary/aromatic N) is 2. The van der Waals surface area contributed by atoms with Crippen LogP contribution >= 0.6 is 11.8 Å². The highest BCUT2D eigenvalue weighted by Crippen LogP contribution is 2.32. The maximum atomic E-state index is 12.7. The second-order valence-corrected chi connectivity index (χ2v) is 9.22. The van der Waals surface area contributed by atoms with Crippen LogP contribution in [-0.2, 0) is 16.1 Å². The van der Waals surface area contributed by atoms with Crippen LogP contribution in [-0.4, -0.2) is 28.7 Å². The fourth-order valence-electron chi connectivity index (χ4n) is 3.95. The van der Waals surface area contributed by atoms with Gasteiger partial charge >= 0.3 is 5.97 Å². The molecule has 1 N–H and O–H groups in total. The summed E-state index contributed by atoms with van der Waals surface area (Å²) in [6, 6.07) is 17.3. The lowest BCUT2D eigenvalue weighted by Crippen LogP contribution is -2.19. The summed E-state index contributed by atoms with van der Waals surface area (Å²) >= 11 is 1.33. The van der Waals surface area contributed by atoms with Crippen LogP contribution in [0.1, 0.15) is 33.0 Å². The van der Waals surface area contributed by atoms with E-state index >= 15 is 0 Å². The van der Waals surface area contributed by atoms with Crippen molar-refractivity contribution in [2.45, 2.75) is 20.4 Å². The Balaban J connectivity index is 1.45. The summed E-state index contributed by atoms with van der Waals surface area (Å²) in [6.45, 7) is 4.49. The number of ether oxygens (including phenoxy) is 1. The van der Waals surface area contributed by atoms with E-state index in [0.717, 1.165) is 33.3 Å². The molecule has 8 heteroatoms. The number of fused-ring (bicyclic) bond motifs is 1. The average molecular weight is 486 g/mol. The Hall–Kier alpha value is -4.04. The average Bonchev–Trinajstić information content (AvgIpc) is 3.55. The van der Waals surface area contributed by atoms with Gasteiger partial charge in [0, 0.05) is 22.7 Å². The lowest BCUT2D eigenvalue weighted by atomic mass is 10.1. The number of rotatable bonds is 5. The molecule has 1 aliphatic rings. The van der Waals surface area contributed by atoms with E-state index in [1.54, 1.807) is 12.1 Å². The maximum absolute atomic E-state index is 12.7. The molecule has 1 aliphatic heterocycles. The minimum atomic E-state index is -0.512. The third kappa shape index (κ3) is 4.52. The van der Waals surface area contributed by atoms with E-state index in [-0.39, 0.29) is 11.7 Å². The van der Waals surface area contributed by atoms with Gasteiger partial charge < -0.3 is 19.0 Å². The Labute approximate surface area is 206 Å². The number of methoxy groups -OCH3 is 1.